The molecule has 0 spiro atoms. The normalized spacial score (nSPS) is 20.6. The van der Waals surface area contributed by atoms with Crippen LogP contribution in [0.1, 0.15) is 31.4 Å². The van der Waals surface area contributed by atoms with Crippen molar-refractivity contribution in [2.45, 2.75) is 38.0 Å². The van der Waals surface area contributed by atoms with Gasteiger partial charge in [0.2, 0.25) is 0 Å². The van der Waals surface area contributed by atoms with Gasteiger partial charge in [0.25, 0.3) is 0 Å². The quantitative estimate of drug-likeness (QED) is 0.914. The van der Waals surface area contributed by atoms with Gasteiger partial charge >= 0.3 is 6.18 Å². The van der Waals surface area contributed by atoms with Crippen LogP contribution in [-0.4, -0.2) is 36.8 Å². The molecule has 0 saturated carbocycles. The third-order valence-electron chi connectivity index (χ3n) is 3.52. The van der Waals surface area contributed by atoms with Crippen LogP contribution in [0.4, 0.5) is 13.2 Å². The number of alkyl halides is 3. The highest BCUT2D eigenvalue weighted by Gasteiger charge is 2.32. The van der Waals surface area contributed by atoms with Gasteiger partial charge in [0.1, 0.15) is 0 Å². The Morgan fingerprint density at radius 1 is 1.42 bits per heavy atom. The van der Waals surface area contributed by atoms with Gasteiger partial charge in [-0.15, -0.1) is 0 Å². The molecule has 1 aliphatic heterocycles. The first kappa shape index (κ1) is 14.8. The molecule has 1 atom stereocenters. The summed E-state index contributed by atoms with van der Waals surface area (Å²) < 4.78 is 36.8. The Morgan fingerprint density at radius 2 is 2.11 bits per heavy atom. The van der Waals surface area contributed by atoms with Crippen molar-refractivity contribution < 1.29 is 13.2 Å². The number of rotatable bonds is 4. The summed E-state index contributed by atoms with van der Waals surface area (Å²) in [4.78, 5) is 1.49. The van der Waals surface area contributed by atoms with Gasteiger partial charge < -0.3 is 5.32 Å². The molecule has 1 unspecified atom stereocenters. The fraction of sp³-hybridized carbons (Fsp3) is 0.692. The summed E-state index contributed by atoms with van der Waals surface area (Å²) in [6.07, 6.45) is -2.51. The standard InChI is InChI=1S/C13H19F3N2S/c1-10(11-4-7-19-8-11)17-12-2-5-18(6-3-12)9-13(14,15)16/h4,7-8,10,12,17H,2-3,5-6,9H2,1H3. The fourth-order valence-corrected chi connectivity index (χ4v) is 3.24. The zero-order valence-electron chi connectivity index (χ0n) is 10.9. The predicted molar refractivity (Wildman–Crippen MR) is 71.4 cm³/mol. The summed E-state index contributed by atoms with van der Waals surface area (Å²) in [5.74, 6) is 0. The maximum absolute atomic E-state index is 12.3. The van der Waals surface area contributed by atoms with E-state index < -0.39 is 12.7 Å². The minimum atomic E-state index is -4.08. The summed E-state index contributed by atoms with van der Waals surface area (Å²) in [6, 6.07) is 2.67. The van der Waals surface area contributed by atoms with Crippen molar-refractivity contribution in [1.82, 2.24) is 10.2 Å². The molecule has 1 N–H and O–H groups in total. The predicted octanol–water partition coefficient (Wildman–Crippen LogP) is 3.43. The van der Waals surface area contributed by atoms with Gasteiger partial charge in [-0.25, -0.2) is 0 Å². The van der Waals surface area contributed by atoms with Crippen molar-refractivity contribution in [2.24, 2.45) is 0 Å². The Bertz CT molecular complexity index is 370. The number of nitrogens with zero attached hydrogens (tertiary/aromatic N) is 1. The molecule has 0 aliphatic carbocycles. The van der Waals surface area contributed by atoms with Gasteiger partial charge in [-0.3, -0.25) is 4.90 Å². The number of likely N-dealkylation sites (tertiary alicyclic amines) is 1. The van der Waals surface area contributed by atoms with Crippen molar-refractivity contribution in [3.8, 4) is 0 Å². The van der Waals surface area contributed by atoms with E-state index in [1.165, 1.54) is 10.5 Å². The minimum absolute atomic E-state index is 0.269. The first-order chi connectivity index (χ1) is 8.94. The number of hydrogen-bond donors (Lipinski definition) is 1. The van der Waals surface area contributed by atoms with E-state index in [9.17, 15) is 13.2 Å². The molecule has 0 bridgehead atoms. The summed E-state index contributed by atoms with van der Waals surface area (Å²) in [5, 5.41) is 7.65. The van der Waals surface area contributed by atoms with Crippen LogP contribution in [0.2, 0.25) is 0 Å². The summed E-state index contributed by atoms with van der Waals surface area (Å²) in [6.45, 7) is 2.37. The Hall–Kier alpha value is -0.590. The average Bonchev–Trinajstić information content (AvgIpc) is 2.83. The molecule has 1 aromatic rings. The average molecular weight is 292 g/mol. The van der Waals surface area contributed by atoms with Crippen LogP contribution < -0.4 is 5.32 Å². The molecule has 1 aliphatic rings. The van der Waals surface area contributed by atoms with E-state index in [1.807, 2.05) is 5.38 Å². The fourth-order valence-electron chi connectivity index (χ4n) is 2.48. The molecule has 0 amide bonds. The molecule has 1 aromatic heterocycles. The van der Waals surface area contributed by atoms with Crippen LogP contribution in [0.25, 0.3) is 0 Å². The second kappa shape index (κ2) is 6.24. The lowest BCUT2D eigenvalue weighted by Crippen LogP contribution is -2.46. The van der Waals surface area contributed by atoms with E-state index in [-0.39, 0.29) is 6.04 Å². The maximum Gasteiger partial charge on any atom is 0.401 e. The van der Waals surface area contributed by atoms with Crippen LogP contribution in [0.15, 0.2) is 16.8 Å². The number of hydrogen-bond acceptors (Lipinski definition) is 3. The van der Waals surface area contributed by atoms with Crippen molar-refractivity contribution in [1.29, 1.82) is 0 Å². The van der Waals surface area contributed by atoms with Crippen molar-refractivity contribution in [2.75, 3.05) is 19.6 Å². The molecular weight excluding hydrogens is 273 g/mol. The number of piperidine rings is 1. The van der Waals surface area contributed by atoms with Gasteiger partial charge in [-0.05, 0) is 55.2 Å². The molecule has 0 radical (unpaired) electrons. The third-order valence-corrected chi connectivity index (χ3v) is 4.22. The lowest BCUT2D eigenvalue weighted by Gasteiger charge is -2.34. The zero-order valence-corrected chi connectivity index (χ0v) is 11.7. The third kappa shape index (κ3) is 4.78. The van der Waals surface area contributed by atoms with Crippen LogP contribution in [-0.2, 0) is 0 Å². The van der Waals surface area contributed by atoms with Crippen LogP contribution in [0, 0.1) is 0 Å². The highest BCUT2D eigenvalue weighted by atomic mass is 32.1. The molecule has 2 heterocycles. The molecule has 1 fully saturated rings. The van der Waals surface area contributed by atoms with Gasteiger partial charge in [0.05, 0.1) is 6.54 Å². The maximum atomic E-state index is 12.3. The SMILES string of the molecule is CC(NC1CCN(CC(F)(F)F)CC1)c1ccsc1. The summed E-state index contributed by atoms with van der Waals surface area (Å²) in [5.41, 5.74) is 1.25. The van der Waals surface area contributed by atoms with Gasteiger partial charge in [0, 0.05) is 12.1 Å². The smallest absolute Gasteiger partial charge is 0.307 e. The molecule has 6 heteroatoms. The van der Waals surface area contributed by atoms with E-state index in [1.54, 1.807) is 11.3 Å². The zero-order chi connectivity index (χ0) is 13.9. The van der Waals surface area contributed by atoms with Gasteiger partial charge in [-0.1, -0.05) is 0 Å². The first-order valence-electron chi connectivity index (χ1n) is 6.51. The van der Waals surface area contributed by atoms with E-state index in [2.05, 4.69) is 23.7 Å². The van der Waals surface area contributed by atoms with Crippen molar-refractivity contribution >= 4 is 11.3 Å². The van der Waals surface area contributed by atoms with E-state index in [0.29, 0.717) is 19.1 Å². The molecule has 2 rings (SSSR count). The second-order valence-corrected chi connectivity index (χ2v) is 5.89. The molecule has 0 aromatic carbocycles. The summed E-state index contributed by atoms with van der Waals surface area (Å²) in [7, 11) is 0. The van der Waals surface area contributed by atoms with Crippen molar-refractivity contribution in [3.63, 3.8) is 0 Å². The molecular formula is C13H19F3N2S. The van der Waals surface area contributed by atoms with Gasteiger partial charge in [0.15, 0.2) is 0 Å². The number of nitrogens with one attached hydrogen (secondary N) is 1. The first-order valence-corrected chi connectivity index (χ1v) is 7.45. The second-order valence-electron chi connectivity index (χ2n) is 5.11. The Morgan fingerprint density at radius 3 is 2.63 bits per heavy atom. The topological polar surface area (TPSA) is 15.3 Å². The highest BCUT2D eigenvalue weighted by molar-refractivity contribution is 7.07. The molecule has 19 heavy (non-hydrogen) atoms. The van der Waals surface area contributed by atoms with Gasteiger partial charge in [-0.2, -0.15) is 24.5 Å². The van der Waals surface area contributed by atoms with Crippen LogP contribution in [0.5, 0.6) is 0 Å². The van der Waals surface area contributed by atoms with E-state index >= 15 is 0 Å². The monoisotopic (exact) mass is 292 g/mol. The Kier molecular flexibility index (Phi) is 4.86. The largest absolute Gasteiger partial charge is 0.401 e. The minimum Gasteiger partial charge on any atom is -0.307 e. The van der Waals surface area contributed by atoms with Crippen LogP contribution >= 0.6 is 11.3 Å². The van der Waals surface area contributed by atoms with E-state index in [4.69, 9.17) is 0 Å². The highest BCUT2D eigenvalue weighted by Crippen LogP contribution is 2.22. The molecule has 108 valence electrons. The summed E-state index contributed by atoms with van der Waals surface area (Å²) >= 11 is 1.66. The van der Waals surface area contributed by atoms with E-state index in [0.717, 1.165) is 12.8 Å². The number of halogens is 3. The van der Waals surface area contributed by atoms with Crippen LogP contribution in [0.3, 0.4) is 0 Å². The molecule has 1 saturated heterocycles. The van der Waals surface area contributed by atoms with Crippen molar-refractivity contribution in [3.05, 3.63) is 22.4 Å². The number of thiophene rings is 1. The lowest BCUT2D eigenvalue weighted by molar-refractivity contribution is -0.148. The molecule has 2 nitrogen and oxygen atoms in total. The Labute approximate surface area is 115 Å². The lowest BCUT2D eigenvalue weighted by atomic mass is 10.0. The Balaban J connectivity index is 1.74.